The molecule has 280 valence electrons. The molecule has 0 aliphatic heterocycles. The molecular weight excluding hydrogens is 593 g/mol. The molecule has 0 N–H and O–H groups in total. The van der Waals surface area contributed by atoms with E-state index in [0.717, 1.165) is 13.2 Å². The molecule has 0 aromatic carbocycles. The molecule has 2 nitrogen and oxygen atoms in total. The Morgan fingerprint density at radius 1 is 0.239 bits per heavy atom. The summed E-state index contributed by atoms with van der Waals surface area (Å²) in [5, 5.41) is 0. The highest BCUT2D eigenvalue weighted by atomic mass is 28.4. The van der Waals surface area contributed by atoms with Gasteiger partial charge in [-0.05, 0) is 52.1 Å². The molecule has 0 unspecified atom stereocenters. The van der Waals surface area contributed by atoms with E-state index in [1.54, 1.807) is 0 Å². The number of hydrogen-bond donors (Lipinski definition) is 0. The Morgan fingerprint density at radius 3 is 0.543 bits per heavy atom. The lowest BCUT2D eigenvalue weighted by Gasteiger charge is -2.16. The summed E-state index contributed by atoms with van der Waals surface area (Å²) in [6, 6.07) is 0. The molecule has 0 amide bonds. The van der Waals surface area contributed by atoms with E-state index in [-0.39, 0.29) is 0 Å². The van der Waals surface area contributed by atoms with Crippen molar-refractivity contribution in [2.75, 3.05) is 13.2 Å². The Hall–Kier alpha value is 0.354. The van der Waals surface area contributed by atoms with Crippen LogP contribution < -0.4 is 0 Å². The first-order valence-electron chi connectivity index (χ1n) is 21.4. The van der Waals surface area contributed by atoms with E-state index in [0.29, 0.717) is 0 Å². The van der Waals surface area contributed by atoms with Crippen molar-refractivity contribution in [3.05, 3.63) is 0 Å². The first-order chi connectivity index (χ1) is 22.1. The Bertz CT molecular complexity index is 493. The average molecular weight is 685 g/mol. The number of rotatable bonds is 36. The lowest BCUT2D eigenvalue weighted by molar-refractivity contribution is 0.298. The fraction of sp³-hybridized carbons (Fsp3) is 1.00. The SMILES string of the molecule is CCCCCCCCCCCCCCCCCCO[Si](C)(C)C.CCCCCCCCCCCCCCCCCCO[Si](C)(C)C. The summed E-state index contributed by atoms with van der Waals surface area (Å²) in [6.45, 7) is 20.2. The zero-order valence-corrected chi connectivity index (χ0v) is 35.9. The summed E-state index contributed by atoms with van der Waals surface area (Å²) in [5.74, 6) is 0. The normalized spacial score (nSPS) is 12.0. The molecule has 0 aromatic heterocycles. The second kappa shape index (κ2) is 38.2. The van der Waals surface area contributed by atoms with Gasteiger partial charge in [-0.2, -0.15) is 0 Å². The molecule has 0 aromatic rings. The van der Waals surface area contributed by atoms with Gasteiger partial charge in [0.15, 0.2) is 16.6 Å². The first kappa shape index (κ1) is 48.5. The first-order valence-corrected chi connectivity index (χ1v) is 28.2. The van der Waals surface area contributed by atoms with Gasteiger partial charge in [0.1, 0.15) is 0 Å². The van der Waals surface area contributed by atoms with Crippen LogP contribution in [-0.4, -0.2) is 29.8 Å². The standard InChI is InChI=1S/2C21H46OSi/c2*1-5-6-7-8-9-10-11-12-13-14-15-16-17-18-19-20-21-22-23(2,3)4/h2*5-21H2,1-4H3. The molecule has 0 fully saturated rings. The zero-order chi connectivity index (χ0) is 34.5. The predicted octanol–water partition coefficient (Wildman–Crippen LogP) is 16.2. The van der Waals surface area contributed by atoms with Crippen molar-refractivity contribution in [2.45, 2.75) is 259 Å². The van der Waals surface area contributed by atoms with Gasteiger partial charge >= 0.3 is 0 Å². The third-order valence-corrected chi connectivity index (χ3v) is 11.2. The summed E-state index contributed by atoms with van der Waals surface area (Å²) < 4.78 is 11.8. The van der Waals surface area contributed by atoms with E-state index in [1.165, 1.54) is 205 Å². The van der Waals surface area contributed by atoms with Gasteiger partial charge in [0.05, 0.1) is 0 Å². The maximum atomic E-state index is 5.89. The number of hydrogen-bond acceptors (Lipinski definition) is 2. The maximum absolute atomic E-state index is 5.89. The van der Waals surface area contributed by atoms with Gasteiger partial charge < -0.3 is 8.85 Å². The van der Waals surface area contributed by atoms with E-state index in [4.69, 9.17) is 8.85 Å². The van der Waals surface area contributed by atoms with E-state index in [9.17, 15) is 0 Å². The van der Waals surface area contributed by atoms with Gasteiger partial charge in [-0.3, -0.25) is 0 Å². The fourth-order valence-corrected chi connectivity index (χ4v) is 7.57. The molecule has 0 aliphatic carbocycles. The summed E-state index contributed by atoms with van der Waals surface area (Å²) in [6.07, 6.45) is 45.9. The van der Waals surface area contributed by atoms with E-state index < -0.39 is 16.6 Å². The molecule has 46 heavy (non-hydrogen) atoms. The average Bonchev–Trinajstić information content (AvgIpc) is 2.99. The van der Waals surface area contributed by atoms with Crippen molar-refractivity contribution in [1.82, 2.24) is 0 Å². The van der Waals surface area contributed by atoms with Crippen molar-refractivity contribution in [1.29, 1.82) is 0 Å². The Labute approximate surface area is 296 Å². The molecule has 0 atom stereocenters. The van der Waals surface area contributed by atoms with Crippen molar-refractivity contribution < 1.29 is 8.85 Å². The minimum absolute atomic E-state index is 0.994. The Kier molecular flexibility index (Phi) is 40.2. The van der Waals surface area contributed by atoms with Crippen LogP contribution in [0.4, 0.5) is 0 Å². The van der Waals surface area contributed by atoms with Crippen LogP contribution in [-0.2, 0) is 8.85 Å². The second-order valence-corrected chi connectivity index (χ2v) is 25.6. The smallest absolute Gasteiger partial charge is 0.183 e. The molecule has 0 radical (unpaired) electrons. The van der Waals surface area contributed by atoms with Gasteiger partial charge in [-0.15, -0.1) is 0 Å². The highest BCUT2D eigenvalue weighted by Gasteiger charge is 2.13. The summed E-state index contributed by atoms with van der Waals surface area (Å²) in [5.41, 5.74) is 0. The van der Waals surface area contributed by atoms with Crippen molar-refractivity contribution >= 4 is 16.6 Å². The van der Waals surface area contributed by atoms with Gasteiger partial charge in [-0.25, -0.2) is 0 Å². The molecule has 0 aliphatic rings. The highest BCUT2D eigenvalue weighted by Crippen LogP contribution is 2.16. The molecule has 0 spiro atoms. The Morgan fingerprint density at radius 2 is 0.391 bits per heavy atom. The van der Waals surface area contributed by atoms with E-state index in [2.05, 4.69) is 53.1 Å². The number of unbranched alkanes of at least 4 members (excludes halogenated alkanes) is 30. The fourth-order valence-electron chi connectivity index (χ4n) is 6.06. The van der Waals surface area contributed by atoms with Crippen LogP contribution in [0.25, 0.3) is 0 Å². The van der Waals surface area contributed by atoms with Crippen LogP contribution in [0.15, 0.2) is 0 Å². The molecule has 0 heterocycles. The summed E-state index contributed by atoms with van der Waals surface area (Å²) >= 11 is 0. The minimum Gasteiger partial charge on any atom is -0.418 e. The molecule has 0 rings (SSSR count). The lowest BCUT2D eigenvalue weighted by Crippen LogP contribution is -2.25. The summed E-state index contributed by atoms with van der Waals surface area (Å²) in [7, 11) is -2.53. The van der Waals surface area contributed by atoms with E-state index in [1.807, 2.05) is 0 Å². The molecule has 0 bridgehead atoms. The molecule has 0 saturated heterocycles. The minimum atomic E-state index is -1.27. The summed E-state index contributed by atoms with van der Waals surface area (Å²) in [4.78, 5) is 0. The molecule has 4 heteroatoms. The van der Waals surface area contributed by atoms with Crippen LogP contribution in [0.3, 0.4) is 0 Å². The van der Waals surface area contributed by atoms with Crippen LogP contribution in [0.5, 0.6) is 0 Å². The van der Waals surface area contributed by atoms with Crippen LogP contribution >= 0.6 is 0 Å². The van der Waals surface area contributed by atoms with Crippen molar-refractivity contribution in [2.24, 2.45) is 0 Å². The second-order valence-electron chi connectivity index (χ2n) is 16.5. The largest absolute Gasteiger partial charge is 0.418 e. The predicted molar refractivity (Wildman–Crippen MR) is 218 cm³/mol. The van der Waals surface area contributed by atoms with Crippen molar-refractivity contribution in [3.63, 3.8) is 0 Å². The monoisotopic (exact) mass is 685 g/mol. The maximum Gasteiger partial charge on any atom is 0.183 e. The van der Waals surface area contributed by atoms with Crippen LogP contribution in [0, 0.1) is 0 Å². The van der Waals surface area contributed by atoms with Crippen LogP contribution in [0.1, 0.15) is 219 Å². The molecule has 0 saturated carbocycles. The van der Waals surface area contributed by atoms with Gasteiger partial charge in [0, 0.05) is 13.2 Å². The third-order valence-electron chi connectivity index (χ3n) is 9.07. The zero-order valence-electron chi connectivity index (χ0n) is 33.9. The lowest BCUT2D eigenvalue weighted by atomic mass is 10.0. The topological polar surface area (TPSA) is 18.5 Å². The highest BCUT2D eigenvalue weighted by molar-refractivity contribution is 6.70. The van der Waals surface area contributed by atoms with Crippen LogP contribution in [0.2, 0.25) is 39.3 Å². The van der Waals surface area contributed by atoms with Gasteiger partial charge in [0.25, 0.3) is 0 Å². The molecular formula is C42H92O2Si2. The quantitative estimate of drug-likeness (QED) is 0.0483. The Balaban J connectivity index is 0. The van der Waals surface area contributed by atoms with Gasteiger partial charge in [-0.1, -0.05) is 206 Å². The van der Waals surface area contributed by atoms with Gasteiger partial charge in [0.2, 0.25) is 0 Å². The van der Waals surface area contributed by atoms with E-state index >= 15 is 0 Å². The van der Waals surface area contributed by atoms with Crippen molar-refractivity contribution in [3.8, 4) is 0 Å². The third kappa shape index (κ3) is 51.2.